The van der Waals surface area contributed by atoms with Crippen LogP contribution in [0.25, 0.3) is 0 Å². The van der Waals surface area contributed by atoms with Gasteiger partial charge in [0.25, 0.3) is 5.91 Å². The first-order chi connectivity index (χ1) is 11.9. The monoisotopic (exact) mass is 408 g/mol. The number of carbonyl (C=O) groups is 1. The predicted octanol–water partition coefficient (Wildman–Crippen LogP) is 2.97. The number of ether oxygens (including phenoxy) is 2. The molecule has 8 heteroatoms. The molecule has 0 aliphatic heterocycles. The van der Waals surface area contributed by atoms with Gasteiger partial charge in [-0.05, 0) is 48.8 Å². The van der Waals surface area contributed by atoms with Crippen LogP contribution in [0.2, 0.25) is 0 Å². The molecule has 1 aromatic carbocycles. The molecule has 7 nitrogen and oxygen atoms in total. The molecular formula is C17H21BrN4O3. The highest BCUT2D eigenvalue weighted by atomic mass is 79.9. The number of carbonyl (C=O) groups excluding carboxylic acids is 1. The number of rotatable bonds is 6. The van der Waals surface area contributed by atoms with Crippen molar-refractivity contribution in [3.63, 3.8) is 0 Å². The van der Waals surface area contributed by atoms with E-state index in [0.717, 1.165) is 17.0 Å². The van der Waals surface area contributed by atoms with Crippen molar-refractivity contribution in [1.82, 2.24) is 15.2 Å². The first kappa shape index (κ1) is 19.0. The minimum absolute atomic E-state index is 0.350. The molecule has 1 N–H and O–H groups in total. The molecule has 1 heterocycles. The number of methoxy groups -OCH3 is 1. The Morgan fingerprint density at radius 3 is 2.72 bits per heavy atom. The average molecular weight is 409 g/mol. The van der Waals surface area contributed by atoms with Gasteiger partial charge in [0, 0.05) is 23.9 Å². The lowest BCUT2D eigenvalue weighted by Gasteiger charge is -2.12. The lowest BCUT2D eigenvalue weighted by Crippen LogP contribution is -2.18. The van der Waals surface area contributed by atoms with Crippen LogP contribution in [-0.4, -0.2) is 35.6 Å². The van der Waals surface area contributed by atoms with Crippen LogP contribution in [0, 0.1) is 13.8 Å². The lowest BCUT2D eigenvalue weighted by molar-refractivity contribution is 0.0954. The highest BCUT2D eigenvalue weighted by Crippen LogP contribution is 2.36. The molecule has 0 atom stereocenters. The van der Waals surface area contributed by atoms with Gasteiger partial charge in [-0.15, -0.1) is 0 Å². The molecule has 25 heavy (non-hydrogen) atoms. The molecular weight excluding hydrogens is 388 g/mol. The zero-order valence-electron chi connectivity index (χ0n) is 14.9. The molecule has 0 saturated carbocycles. The quantitative estimate of drug-likeness (QED) is 0.588. The van der Waals surface area contributed by atoms with E-state index in [0.29, 0.717) is 28.1 Å². The first-order valence-electron chi connectivity index (χ1n) is 7.72. The zero-order chi connectivity index (χ0) is 18.6. The van der Waals surface area contributed by atoms with Crippen molar-refractivity contribution in [3.8, 4) is 11.5 Å². The molecule has 0 aliphatic rings. The molecule has 1 amide bonds. The Labute approximate surface area is 155 Å². The number of hydrazone groups is 1. The minimum atomic E-state index is -0.350. The van der Waals surface area contributed by atoms with Crippen LogP contribution >= 0.6 is 15.9 Å². The SMILES string of the molecule is CCOc1c(Br)cc(C(=O)N/N=C\c2c(C)nn(C)c2C)cc1OC. The van der Waals surface area contributed by atoms with E-state index in [1.165, 1.54) is 7.11 Å². The Balaban J connectivity index is 2.18. The Hall–Kier alpha value is -2.35. The van der Waals surface area contributed by atoms with E-state index in [-0.39, 0.29) is 5.91 Å². The van der Waals surface area contributed by atoms with Gasteiger partial charge in [-0.25, -0.2) is 5.43 Å². The van der Waals surface area contributed by atoms with Gasteiger partial charge in [0.1, 0.15) is 0 Å². The average Bonchev–Trinajstić information content (AvgIpc) is 2.82. The van der Waals surface area contributed by atoms with E-state index in [2.05, 4.69) is 31.6 Å². The Morgan fingerprint density at radius 2 is 2.16 bits per heavy atom. The van der Waals surface area contributed by atoms with Gasteiger partial charge >= 0.3 is 0 Å². The van der Waals surface area contributed by atoms with E-state index >= 15 is 0 Å². The van der Waals surface area contributed by atoms with E-state index in [9.17, 15) is 4.79 Å². The number of aryl methyl sites for hydroxylation is 2. The highest BCUT2D eigenvalue weighted by Gasteiger charge is 2.15. The van der Waals surface area contributed by atoms with E-state index in [1.54, 1.807) is 23.0 Å². The van der Waals surface area contributed by atoms with E-state index < -0.39 is 0 Å². The number of hydrogen-bond donors (Lipinski definition) is 1. The molecule has 0 spiro atoms. The van der Waals surface area contributed by atoms with Crippen molar-refractivity contribution in [3.05, 3.63) is 39.1 Å². The van der Waals surface area contributed by atoms with Gasteiger partial charge < -0.3 is 9.47 Å². The van der Waals surface area contributed by atoms with E-state index in [1.807, 2.05) is 27.8 Å². The highest BCUT2D eigenvalue weighted by molar-refractivity contribution is 9.10. The van der Waals surface area contributed by atoms with Gasteiger partial charge in [0.15, 0.2) is 11.5 Å². The summed E-state index contributed by atoms with van der Waals surface area (Å²) in [5.41, 5.74) is 5.63. The minimum Gasteiger partial charge on any atom is -0.493 e. The molecule has 1 aromatic heterocycles. The molecule has 0 bridgehead atoms. The second kappa shape index (κ2) is 8.15. The maximum Gasteiger partial charge on any atom is 0.271 e. The third-order valence-corrected chi connectivity index (χ3v) is 4.29. The van der Waals surface area contributed by atoms with Crippen LogP contribution in [-0.2, 0) is 7.05 Å². The molecule has 0 fully saturated rings. The van der Waals surface area contributed by atoms with Crippen LogP contribution in [0.15, 0.2) is 21.7 Å². The number of benzene rings is 1. The molecule has 2 rings (SSSR count). The van der Waals surface area contributed by atoms with Gasteiger partial charge in [-0.1, -0.05) is 0 Å². The Morgan fingerprint density at radius 1 is 1.44 bits per heavy atom. The number of amides is 1. The number of halogens is 1. The zero-order valence-corrected chi connectivity index (χ0v) is 16.5. The summed E-state index contributed by atoms with van der Waals surface area (Å²) in [6, 6.07) is 3.28. The normalized spacial score (nSPS) is 11.0. The maximum absolute atomic E-state index is 12.3. The molecule has 2 aromatic rings. The van der Waals surface area contributed by atoms with Crippen molar-refractivity contribution in [2.24, 2.45) is 12.1 Å². The fourth-order valence-corrected chi connectivity index (χ4v) is 2.89. The summed E-state index contributed by atoms with van der Waals surface area (Å²) < 4.78 is 13.2. The Bertz CT molecular complexity index is 815. The summed E-state index contributed by atoms with van der Waals surface area (Å²) in [5.74, 6) is 0.688. The summed E-state index contributed by atoms with van der Waals surface area (Å²) in [7, 11) is 3.39. The van der Waals surface area contributed by atoms with Crippen LogP contribution in [0.5, 0.6) is 11.5 Å². The predicted molar refractivity (Wildman–Crippen MR) is 99.6 cm³/mol. The fraction of sp³-hybridized carbons (Fsp3) is 0.353. The molecule has 0 aliphatic carbocycles. The second-order valence-electron chi connectivity index (χ2n) is 5.33. The van der Waals surface area contributed by atoms with Crippen LogP contribution < -0.4 is 14.9 Å². The molecule has 134 valence electrons. The summed E-state index contributed by atoms with van der Waals surface area (Å²) in [6.45, 7) is 6.21. The van der Waals surface area contributed by atoms with Gasteiger partial charge in [0.2, 0.25) is 0 Å². The molecule has 0 radical (unpaired) electrons. The van der Waals surface area contributed by atoms with Crippen molar-refractivity contribution < 1.29 is 14.3 Å². The summed E-state index contributed by atoms with van der Waals surface area (Å²) in [6.07, 6.45) is 1.59. The van der Waals surface area contributed by atoms with E-state index in [4.69, 9.17) is 9.47 Å². The maximum atomic E-state index is 12.3. The number of aromatic nitrogens is 2. The van der Waals surface area contributed by atoms with Crippen LogP contribution in [0.1, 0.15) is 34.2 Å². The number of hydrogen-bond acceptors (Lipinski definition) is 5. The summed E-state index contributed by atoms with van der Waals surface area (Å²) >= 11 is 3.40. The largest absolute Gasteiger partial charge is 0.493 e. The van der Waals surface area contributed by atoms with Crippen molar-refractivity contribution in [2.75, 3.05) is 13.7 Å². The number of nitrogens with one attached hydrogen (secondary N) is 1. The number of nitrogens with zero attached hydrogens (tertiary/aromatic N) is 3. The third-order valence-electron chi connectivity index (χ3n) is 3.71. The summed E-state index contributed by atoms with van der Waals surface area (Å²) in [4.78, 5) is 12.3. The van der Waals surface area contributed by atoms with Gasteiger partial charge in [0.05, 0.1) is 30.1 Å². The van der Waals surface area contributed by atoms with Crippen molar-refractivity contribution >= 4 is 28.1 Å². The fourth-order valence-electron chi connectivity index (χ4n) is 2.33. The first-order valence-corrected chi connectivity index (χ1v) is 8.52. The van der Waals surface area contributed by atoms with Crippen LogP contribution in [0.3, 0.4) is 0 Å². The van der Waals surface area contributed by atoms with Crippen LogP contribution in [0.4, 0.5) is 0 Å². The van der Waals surface area contributed by atoms with Gasteiger partial charge in [-0.3, -0.25) is 9.48 Å². The second-order valence-corrected chi connectivity index (χ2v) is 6.18. The lowest BCUT2D eigenvalue weighted by atomic mass is 10.2. The molecule has 0 saturated heterocycles. The molecule has 0 unspecified atom stereocenters. The topological polar surface area (TPSA) is 77.7 Å². The smallest absolute Gasteiger partial charge is 0.271 e. The third kappa shape index (κ3) is 4.19. The standard InChI is InChI=1S/C17H21BrN4O3/c1-6-25-16-14(18)7-12(8-15(16)24-5)17(23)20-19-9-13-10(2)21-22(4)11(13)3/h7-9H,6H2,1-5H3,(H,20,23)/b19-9-. The van der Waals surface area contributed by atoms with Crippen molar-refractivity contribution in [1.29, 1.82) is 0 Å². The van der Waals surface area contributed by atoms with Gasteiger partial charge in [-0.2, -0.15) is 10.2 Å². The van der Waals surface area contributed by atoms with Crippen molar-refractivity contribution in [2.45, 2.75) is 20.8 Å². The summed E-state index contributed by atoms with van der Waals surface area (Å²) in [5, 5.41) is 8.34. The Kier molecular flexibility index (Phi) is 6.19.